The van der Waals surface area contributed by atoms with E-state index in [1.807, 2.05) is 75.4 Å². The minimum absolute atomic E-state index is 0.0152. The van der Waals surface area contributed by atoms with Crippen LogP contribution >= 0.6 is 11.6 Å². The molecule has 0 saturated heterocycles. The van der Waals surface area contributed by atoms with Crippen LogP contribution in [0.5, 0.6) is 5.75 Å². The Balaban J connectivity index is 1.89. The summed E-state index contributed by atoms with van der Waals surface area (Å²) < 4.78 is 35.2. The van der Waals surface area contributed by atoms with Crippen LogP contribution in [0.4, 0.5) is 11.4 Å². The second-order valence-electron chi connectivity index (χ2n) is 11.9. The standard InChI is InChI=1S/C36H39ClN4O7S/c1-24(2)38-36(43)33(19-27-9-7-6-8-10-27)39(22-28-14-11-25(3)12-15-28)35(42)23-40(32-20-29(37)16-18-34(32)48-5)49(46,47)30-17-13-26(4)31(21-30)41(44)45/h6-18,20-21,24,33H,19,22-23H2,1-5H3,(H,38,43)/t33-/m1/s1. The summed E-state index contributed by atoms with van der Waals surface area (Å²) in [6.45, 7) is 6.24. The highest BCUT2D eigenvalue weighted by molar-refractivity contribution is 7.92. The molecular formula is C36H39ClN4O7S. The molecule has 0 aliphatic heterocycles. The van der Waals surface area contributed by atoms with Crippen molar-refractivity contribution in [2.75, 3.05) is 18.0 Å². The second kappa shape index (κ2) is 16.0. The van der Waals surface area contributed by atoms with Crippen LogP contribution in [-0.4, -0.2) is 55.8 Å². The van der Waals surface area contributed by atoms with E-state index >= 15 is 0 Å². The number of methoxy groups -OCH3 is 1. The summed E-state index contributed by atoms with van der Waals surface area (Å²) in [5.41, 5.74) is 2.31. The fourth-order valence-corrected chi connectivity index (χ4v) is 6.87. The van der Waals surface area contributed by atoms with E-state index in [-0.39, 0.29) is 41.0 Å². The van der Waals surface area contributed by atoms with Gasteiger partial charge in [0.05, 0.1) is 22.6 Å². The average molecular weight is 707 g/mol. The van der Waals surface area contributed by atoms with Gasteiger partial charge in [-0.25, -0.2) is 8.42 Å². The molecular weight excluding hydrogens is 668 g/mol. The molecule has 4 aromatic rings. The molecule has 1 atom stereocenters. The van der Waals surface area contributed by atoms with Crippen LogP contribution in [0.1, 0.15) is 36.1 Å². The lowest BCUT2D eigenvalue weighted by Gasteiger charge is -2.34. The molecule has 1 N–H and O–H groups in total. The van der Waals surface area contributed by atoms with Crippen molar-refractivity contribution in [1.29, 1.82) is 0 Å². The highest BCUT2D eigenvalue weighted by atomic mass is 35.5. The van der Waals surface area contributed by atoms with Crippen LogP contribution in [-0.2, 0) is 32.6 Å². The second-order valence-corrected chi connectivity index (χ2v) is 14.2. The molecule has 0 spiro atoms. The van der Waals surface area contributed by atoms with Crippen molar-refractivity contribution in [3.63, 3.8) is 0 Å². The Hall–Kier alpha value is -4.94. The van der Waals surface area contributed by atoms with E-state index in [1.165, 1.54) is 49.3 Å². The maximum Gasteiger partial charge on any atom is 0.273 e. The van der Waals surface area contributed by atoms with Crippen molar-refractivity contribution in [1.82, 2.24) is 10.2 Å². The topological polar surface area (TPSA) is 139 Å². The van der Waals surface area contributed by atoms with E-state index in [9.17, 15) is 28.1 Å². The predicted molar refractivity (Wildman–Crippen MR) is 189 cm³/mol. The van der Waals surface area contributed by atoms with Crippen LogP contribution < -0.4 is 14.4 Å². The van der Waals surface area contributed by atoms with Gasteiger partial charge in [-0.2, -0.15) is 0 Å². The summed E-state index contributed by atoms with van der Waals surface area (Å²) in [7, 11) is -3.33. The molecule has 0 bridgehead atoms. The first-order chi connectivity index (χ1) is 23.2. The van der Waals surface area contributed by atoms with Gasteiger partial charge in [-0.15, -0.1) is 0 Å². The van der Waals surface area contributed by atoms with E-state index in [1.54, 1.807) is 0 Å². The van der Waals surface area contributed by atoms with Gasteiger partial charge in [0.15, 0.2) is 0 Å². The normalized spacial score (nSPS) is 11.9. The minimum atomic E-state index is -4.66. The number of nitro benzene ring substituents is 1. The first-order valence-corrected chi connectivity index (χ1v) is 17.3. The number of halogens is 1. The molecule has 0 saturated carbocycles. The van der Waals surface area contributed by atoms with Crippen LogP contribution in [0.3, 0.4) is 0 Å². The summed E-state index contributed by atoms with van der Waals surface area (Å²) in [4.78, 5) is 40.6. The molecule has 0 aromatic heterocycles. The lowest BCUT2D eigenvalue weighted by atomic mass is 10.0. The van der Waals surface area contributed by atoms with Crippen molar-refractivity contribution in [2.24, 2.45) is 0 Å². The molecule has 0 fully saturated rings. The van der Waals surface area contributed by atoms with Gasteiger partial charge < -0.3 is 15.0 Å². The van der Waals surface area contributed by atoms with Crippen LogP contribution in [0, 0.1) is 24.0 Å². The first kappa shape index (κ1) is 36.9. The molecule has 0 unspecified atom stereocenters. The number of nitrogens with one attached hydrogen (secondary N) is 1. The molecule has 0 aliphatic carbocycles. The number of nitrogens with zero attached hydrogens (tertiary/aromatic N) is 3. The lowest BCUT2D eigenvalue weighted by Crippen LogP contribution is -2.54. The zero-order valence-electron chi connectivity index (χ0n) is 27.9. The van der Waals surface area contributed by atoms with E-state index < -0.39 is 49.9 Å². The Labute approximate surface area is 291 Å². The SMILES string of the molecule is COc1ccc(Cl)cc1N(CC(=O)N(Cc1ccc(C)cc1)[C@H](Cc1ccccc1)C(=O)NC(C)C)S(=O)(=O)c1ccc(C)c([N+](=O)[O-])c1. The fourth-order valence-electron chi connectivity index (χ4n) is 5.27. The molecule has 0 heterocycles. The van der Waals surface area contributed by atoms with Crippen molar-refractivity contribution in [2.45, 2.75) is 57.6 Å². The summed E-state index contributed by atoms with van der Waals surface area (Å²) in [5.74, 6) is -1.03. The molecule has 4 aromatic carbocycles. The van der Waals surface area contributed by atoms with Crippen LogP contribution in [0.25, 0.3) is 0 Å². The molecule has 4 rings (SSSR count). The zero-order valence-corrected chi connectivity index (χ0v) is 29.5. The molecule has 0 aliphatic rings. The molecule has 49 heavy (non-hydrogen) atoms. The van der Waals surface area contributed by atoms with Gasteiger partial charge in [0, 0.05) is 35.7 Å². The first-order valence-electron chi connectivity index (χ1n) is 15.5. The third kappa shape index (κ3) is 9.15. The average Bonchev–Trinajstić information content (AvgIpc) is 3.06. The maximum absolute atomic E-state index is 14.7. The molecule has 0 radical (unpaired) electrons. The number of benzene rings is 4. The zero-order chi connectivity index (χ0) is 35.9. The van der Waals surface area contributed by atoms with Gasteiger partial charge in [-0.1, -0.05) is 77.8 Å². The predicted octanol–water partition coefficient (Wildman–Crippen LogP) is 6.23. The molecule has 2 amide bonds. The largest absolute Gasteiger partial charge is 0.495 e. The van der Waals surface area contributed by atoms with Crippen molar-refractivity contribution >= 4 is 44.8 Å². The van der Waals surface area contributed by atoms with Crippen molar-refractivity contribution in [3.8, 4) is 5.75 Å². The number of rotatable bonds is 14. The van der Waals surface area contributed by atoms with Crippen molar-refractivity contribution in [3.05, 3.63) is 128 Å². The monoisotopic (exact) mass is 706 g/mol. The van der Waals surface area contributed by atoms with Crippen LogP contribution in [0.15, 0.2) is 95.9 Å². The third-order valence-electron chi connectivity index (χ3n) is 7.83. The van der Waals surface area contributed by atoms with E-state index in [4.69, 9.17) is 16.3 Å². The third-order valence-corrected chi connectivity index (χ3v) is 9.82. The summed E-state index contributed by atoms with van der Waals surface area (Å²) in [6, 6.07) is 23.2. The number of hydrogen-bond donors (Lipinski definition) is 1. The van der Waals surface area contributed by atoms with Gasteiger partial charge in [0.2, 0.25) is 11.8 Å². The lowest BCUT2D eigenvalue weighted by molar-refractivity contribution is -0.385. The highest BCUT2D eigenvalue weighted by Crippen LogP contribution is 2.36. The molecule has 11 nitrogen and oxygen atoms in total. The number of carbonyl (C=O) groups is 2. The van der Waals surface area contributed by atoms with Crippen LogP contribution in [0.2, 0.25) is 5.02 Å². The van der Waals surface area contributed by atoms with E-state index in [0.29, 0.717) is 0 Å². The van der Waals surface area contributed by atoms with E-state index in [0.717, 1.165) is 27.1 Å². The number of sulfonamides is 1. The van der Waals surface area contributed by atoms with Gasteiger partial charge in [0.25, 0.3) is 15.7 Å². The molecule has 258 valence electrons. The Morgan fingerprint density at radius 3 is 2.22 bits per heavy atom. The van der Waals surface area contributed by atoms with Gasteiger partial charge in [0.1, 0.15) is 18.3 Å². The number of ether oxygens (including phenoxy) is 1. The van der Waals surface area contributed by atoms with E-state index in [2.05, 4.69) is 5.32 Å². The van der Waals surface area contributed by atoms with Gasteiger partial charge >= 0.3 is 0 Å². The summed E-state index contributed by atoms with van der Waals surface area (Å²) >= 11 is 6.34. The number of hydrogen-bond acceptors (Lipinski definition) is 7. The minimum Gasteiger partial charge on any atom is -0.495 e. The van der Waals surface area contributed by atoms with Gasteiger partial charge in [-0.3, -0.25) is 24.0 Å². The van der Waals surface area contributed by atoms with Crippen molar-refractivity contribution < 1.29 is 27.7 Å². The maximum atomic E-state index is 14.7. The number of nitro groups is 1. The summed E-state index contributed by atoms with van der Waals surface area (Å²) in [5, 5.41) is 14.9. The highest BCUT2D eigenvalue weighted by Gasteiger charge is 2.36. The fraction of sp³-hybridized carbons (Fsp3) is 0.278. The van der Waals surface area contributed by atoms with Gasteiger partial charge in [-0.05, 0) is 63.1 Å². The number of aryl methyl sites for hydroxylation is 2. The Morgan fingerprint density at radius 2 is 1.61 bits per heavy atom. The Morgan fingerprint density at radius 1 is 0.939 bits per heavy atom. The summed E-state index contributed by atoms with van der Waals surface area (Å²) in [6.07, 6.45) is 0.147. The number of amides is 2. The quantitative estimate of drug-likeness (QED) is 0.121. The Kier molecular flexibility index (Phi) is 12.0. The Bertz CT molecular complexity index is 1920. The number of anilines is 1. The smallest absolute Gasteiger partial charge is 0.273 e. The number of carbonyl (C=O) groups excluding carboxylic acids is 2. The molecule has 13 heteroatoms.